The second-order valence-corrected chi connectivity index (χ2v) is 4.41. The van der Waals surface area contributed by atoms with Crippen molar-refractivity contribution in [2.75, 3.05) is 13.6 Å². The molecule has 2 atom stereocenters. The fourth-order valence-corrected chi connectivity index (χ4v) is 1.73. The van der Waals surface area contributed by atoms with Crippen LogP contribution in [-0.2, 0) is 4.79 Å². The third kappa shape index (κ3) is 4.57. The smallest absolute Gasteiger partial charge is 0.221 e. The quantitative estimate of drug-likeness (QED) is 0.789. The van der Waals surface area contributed by atoms with Crippen LogP contribution in [0.5, 0.6) is 0 Å². The zero-order valence-corrected chi connectivity index (χ0v) is 10.9. The van der Waals surface area contributed by atoms with Crippen LogP contribution >= 0.6 is 0 Å². The van der Waals surface area contributed by atoms with Gasteiger partial charge in [0.1, 0.15) is 0 Å². The van der Waals surface area contributed by atoms with Crippen LogP contribution in [0.1, 0.15) is 31.7 Å². The Morgan fingerprint density at radius 1 is 1.24 bits per heavy atom. The molecule has 0 saturated heterocycles. The van der Waals surface area contributed by atoms with E-state index in [1.165, 1.54) is 5.56 Å². The Labute approximate surface area is 104 Å². The van der Waals surface area contributed by atoms with Gasteiger partial charge in [-0.1, -0.05) is 37.3 Å². The molecule has 0 saturated carbocycles. The van der Waals surface area contributed by atoms with E-state index < -0.39 is 0 Å². The molecule has 0 aromatic heterocycles. The van der Waals surface area contributed by atoms with E-state index in [1.54, 1.807) is 0 Å². The van der Waals surface area contributed by atoms with Crippen LogP contribution in [0.25, 0.3) is 0 Å². The number of hydrogen-bond acceptors (Lipinski definition) is 2. The van der Waals surface area contributed by atoms with Crippen molar-refractivity contribution in [2.45, 2.75) is 32.2 Å². The van der Waals surface area contributed by atoms with Gasteiger partial charge in [0.2, 0.25) is 5.91 Å². The molecule has 0 spiro atoms. The standard InChI is InChI=1S/C14H22N2O/c1-11(13-7-5-4-6-8-13)12(2)16-14(17)9-10-15-3/h4-8,11-12,15H,9-10H2,1-3H3,(H,16,17). The molecule has 3 nitrogen and oxygen atoms in total. The predicted octanol–water partition coefficient (Wildman–Crippen LogP) is 1.90. The zero-order valence-electron chi connectivity index (χ0n) is 10.9. The Morgan fingerprint density at radius 2 is 1.88 bits per heavy atom. The molecule has 0 fully saturated rings. The Kier molecular flexibility index (Phi) is 5.70. The van der Waals surface area contributed by atoms with Crippen LogP contribution in [0.3, 0.4) is 0 Å². The van der Waals surface area contributed by atoms with Gasteiger partial charge in [0.25, 0.3) is 0 Å². The van der Waals surface area contributed by atoms with E-state index in [0.29, 0.717) is 12.3 Å². The number of benzene rings is 1. The molecule has 0 heterocycles. The molecule has 3 heteroatoms. The summed E-state index contributed by atoms with van der Waals surface area (Å²) in [5.74, 6) is 0.435. The van der Waals surface area contributed by atoms with Crippen LogP contribution in [0.15, 0.2) is 30.3 Å². The molecular formula is C14H22N2O. The van der Waals surface area contributed by atoms with Gasteiger partial charge in [-0.25, -0.2) is 0 Å². The second kappa shape index (κ2) is 7.07. The van der Waals surface area contributed by atoms with E-state index in [0.717, 1.165) is 6.54 Å². The van der Waals surface area contributed by atoms with Gasteiger partial charge < -0.3 is 10.6 Å². The first-order chi connectivity index (χ1) is 8.15. The number of nitrogens with one attached hydrogen (secondary N) is 2. The van der Waals surface area contributed by atoms with Gasteiger partial charge in [-0.2, -0.15) is 0 Å². The largest absolute Gasteiger partial charge is 0.353 e. The second-order valence-electron chi connectivity index (χ2n) is 4.41. The molecule has 0 aliphatic carbocycles. The monoisotopic (exact) mass is 234 g/mol. The maximum absolute atomic E-state index is 11.6. The van der Waals surface area contributed by atoms with Crippen LogP contribution in [0.4, 0.5) is 0 Å². The third-order valence-electron chi connectivity index (χ3n) is 3.07. The molecule has 1 aromatic carbocycles. The van der Waals surface area contributed by atoms with Gasteiger partial charge in [-0.15, -0.1) is 0 Å². The topological polar surface area (TPSA) is 41.1 Å². The van der Waals surface area contributed by atoms with Crippen molar-refractivity contribution < 1.29 is 4.79 Å². The molecule has 1 amide bonds. The van der Waals surface area contributed by atoms with Crippen LogP contribution < -0.4 is 10.6 Å². The van der Waals surface area contributed by atoms with Gasteiger partial charge in [0.05, 0.1) is 0 Å². The molecular weight excluding hydrogens is 212 g/mol. The maximum atomic E-state index is 11.6. The fourth-order valence-electron chi connectivity index (χ4n) is 1.73. The predicted molar refractivity (Wildman–Crippen MR) is 71.0 cm³/mol. The van der Waals surface area contributed by atoms with Crippen LogP contribution in [0, 0.1) is 0 Å². The molecule has 17 heavy (non-hydrogen) atoms. The Bertz CT molecular complexity index is 337. The summed E-state index contributed by atoms with van der Waals surface area (Å²) in [4.78, 5) is 11.6. The van der Waals surface area contributed by atoms with Crippen molar-refractivity contribution in [1.29, 1.82) is 0 Å². The Hall–Kier alpha value is -1.35. The Balaban J connectivity index is 2.47. The molecule has 2 N–H and O–H groups in total. The highest BCUT2D eigenvalue weighted by molar-refractivity contribution is 5.76. The maximum Gasteiger partial charge on any atom is 0.221 e. The lowest BCUT2D eigenvalue weighted by Crippen LogP contribution is -2.37. The number of amides is 1. The molecule has 0 radical (unpaired) electrons. The number of rotatable bonds is 6. The summed E-state index contributed by atoms with van der Waals surface area (Å²) in [5.41, 5.74) is 1.26. The van der Waals surface area contributed by atoms with Crippen molar-refractivity contribution >= 4 is 5.91 Å². The number of carbonyl (C=O) groups is 1. The number of hydrogen-bond donors (Lipinski definition) is 2. The average Bonchev–Trinajstić information content (AvgIpc) is 2.36. The summed E-state index contributed by atoms with van der Waals surface area (Å²) >= 11 is 0. The van der Waals surface area contributed by atoms with Crippen molar-refractivity contribution in [3.05, 3.63) is 35.9 Å². The lowest BCUT2D eigenvalue weighted by Gasteiger charge is -2.21. The summed E-state index contributed by atoms with van der Waals surface area (Å²) in [6, 6.07) is 10.4. The van der Waals surface area contributed by atoms with E-state index in [4.69, 9.17) is 0 Å². The summed E-state index contributed by atoms with van der Waals surface area (Å²) in [7, 11) is 1.85. The van der Waals surface area contributed by atoms with Gasteiger partial charge in [0, 0.05) is 24.9 Å². The van der Waals surface area contributed by atoms with Gasteiger partial charge in [0.15, 0.2) is 0 Å². The summed E-state index contributed by atoms with van der Waals surface area (Å²) in [6.07, 6.45) is 0.530. The minimum atomic E-state index is 0.106. The van der Waals surface area contributed by atoms with E-state index in [1.807, 2.05) is 25.2 Å². The minimum Gasteiger partial charge on any atom is -0.353 e. The van der Waals surface area contributed by atoms with E-state index in [-0.39, 0.29) is 11.9 Å². The molecule has 0 aliphatic rings. The van der Waals surface area contributed by atoms with Crippen molar-refractivity contribution in [1.82, 2.24) is 10.6 Å². The SMILES string of the molecule is CNCCC(=O)NC(C)C(C)c1ccccc1. The van der Waals surface area contributed by atoms with Crippen molar-refractivity contribution in [2.24, 2.45) is 0 Å². The first kappa shape index (κ1) is 13.7. The van der Waals surface area contributed by atoms with Crippen LogP contribution in [-0.4, -0.2) is 25.5 Å². The lowest BCUT2D eigenvalue weighted by molar-refractivity contribution is -0.121. The van der Waals surface area contributed by atoms with Crippen molar-refractivity contribution in [3.8, 4) is 0 Å². The first-order valence-corrected chi connectivity index (χ1v) is 6.14. The molecule has 1 aromatic rings. The van der Waals surface area contributed by atoms with E-state index in [9.17, 15) is 4.79 Å². The highest BCUT2D eigenvalue weighted by Gasteiger charge is 2.15. The average molecular weight is 234 g/mol. The molecule has 2 unspecified atom stereocenters. The van der Waals surface area contributed by atoms with E-state index in [2.05, 4.69) is 36.6 Å². The fraction of sp³-hybridized carbons (Fsp3) is 0.500. The normalized spacial score (nSPS) is 14.1. The van der Waals surface area contributed by atoms with Gasteiger partial charge in [-0.3, -0.25) is 4.79 Å². The Morgan fingerprint density at radius 3 is 2.47 bits per heavy atom. The third-order valence-corrected chi connectivity index (χ3v) is 3.07. The molecule has 1 rings (SSSR count). The summed E-state index contributed by atoms with van der Waals surface area (Å²) in [6.45, 7) is 4.91. The zero-order chi connectivity index (χ0) is 12.7. The highest BCUT2D eigenvalue weighted by Crippen LogP contribution is 2.18. The summed E-state index contributed by atoms with van der Waals surface area (Å²) < 4.78 is 0. The molecule has 0 aliphatic heterocycles. The van der Waals surface area contributed by atoms with Crippen LogP contribution in [0.2, 0.25) is 0 Å². The van der Waals surface area contributed by atoms with E-state index >= 15 is 0 Å². The molecule has 94 valence electrons. The van der Waals surface area contributed by atoms with Crippen molar-refractivity contribution in [3.63, 3.8) is 0 Å². The highest BCUT2D eigenvalue weighted by atomic mass is 16.1. The van der Waals surface area contributed by atoms with Gasteiger partial charge >= 0.3 is 0 Å². The minimum absolute atomic E-state index is 0.106. The lowest BCUT2D eigenvalue weighted by atomic mass is 9.94. The van der Waals surface area contributed by atoms with Gasteiger partial charge in [-0.05, 0) is 19.5 Å². The number of carbonyl (C=O) groups excluding carboxylic acids is 1. The summed E-state index contributed by atoms with van der Waals surface area (Å²) in [5, 5.41) is 6.01. The molecule has 0 bridgehead atoms. The first-order valence-electron chi connectivity index (χ1n) is 6.14.